The van der Waals surface area contributed by atoms with Gasteiger partial charge in [-0.25, -0.2) is 9.59 Å². The summed E-state index contributed by atoms with van der Waals surface area (Å²) < 4.78 is 11.1. The Balaban J connectivity index is 0.000000319. The number of nitrogens with zero attached hydrogens (tertiary/aromatic N) is 2. The quantitative estimate of drug-likeness (QED) is 0.0835. The molecule has 12 heteroatoms. The first-order chi connectivity index (χ1) is 27.0. The molecule has 0 radical (unpaired) electrons. The van der Waals surface area contributed by atoms with Crippen LogP contribution in [0, 0.1) is 11.8 Å². The van der Waals surface area contributed by atoms with E-state index in [1.54, 1.807) is 13.8 Å². The number of esters is 2. The fourth-order valence-electron chi connectivity index (χ4n) is 6.23. The first kappa shape index (κ1) is 45.6. The molecule has 1 aromatic heterocycles. The van der Waals surface area contributed by atoms with E-state index in [1.807, 2.05) is 86.6 Å². The van der Waals surface area contributed by atoms with Crippen LogP contribution in [-0.2, 0) is 31.9 Å². The van der Waals surface area contributed by atoms with E-state index >= 15 is 0 Å². The van der Waals surface area contributed by atoms with Crippen molar-refractivity contribution in [2.24, 2.45) is 17.6 Å². The Bertz CT molecular complexity index is 1990. The number of aromatic nitrogens is 2. The number of carbonyl (C=O) groups is 4. The van der Waals surface area contributed by atoms with Crippen LogP contribution in [-0.4, -0.2) is 64.1 Å². The molecule has 57 heavy (non-hydrogen) atoms. The van der Waals surface area contributed by atoms with Gasteiger partial charge in [-0.2, -0.15) is 9.78 Å². The van der Waals surface area contributed by atoms with Crippen molar-refractivity contribution >= 4 is 36.3 Å². The van der Waals surface area contributed by atoms with Crippen molar-refractivity contribution in [2.75, 3.05) is 13.2 Å². The minimum atomic E-state index is -1.22. The Morgan fingerprint density at radius 1 is 0.667 bits per heavy atom. The highest BCUT2D eigenvalue weighted by molar-refractivity contribution is 5.86. The van der Waals surface area contributed by atoms with Gasteiger partial charge >= 0.3 is 23.9 Å². The number of carboxylic acid groups (broad SMARTS) is 1. The minimum Gasteiger partial charge on any atom is -0.476 e. The summed E-state index contributed by atoms with van der Waals surface area (Å²) >= 11 is 0. The number of halogens is 1. The van der Waals surface area contributed by atoms with Gasteiger partial charge in [-0.05, 0) is 79.0 Å². The molecule has 11 nitrogen and oxygen atoms in total. The lowest BCUT2D eigenvalue weighted by atomic mass is 9.95. The van der Waals surface area contributed by atoms with Crippen LogP contribution in [0.15, 0.2) is 121 Å². The zero-order chi connectivity index (χ0) is 40.5. The topological polar surface area (TPSA) is 163 Å². The van der Waals surface area contributed by atoms with E-state index in [9.17, 15) is 19.2 Å². The number of nitrogens with one attached hydrogen (secondary N) is 1. The molecule has 5 rings (SSSR count). The van der Waals surface area contributed by atoms with E-state index in [0.29, 0.717) is 25.9 Å². The Morgan fingerprint density at radius 2 is 1.11 bits per heavy atom. The van der Waals surface area contributed by atoms with Crippen LogP contribution < -0.4 is 11.1 Å². The SMILES string of the molecule is CCOC(=O)[C@H](C)C[C@@H](Cc1ccc(-c2ccccc2)cc1)NC(=O)n1ccc(C(=O)O)n1.CCOC(=O)[C@H](C)C[C@H](N)Cc1ccc(-c2ccccc2)cc1.Cl. The molecule has 0 saturated heterocycles. The number of carbonyl (C=O) groups excluding carboxylic acids is 3. The predicted molar refractivity (Wildman–Crippen MR) is 224 cm³/mol. The lowest BCUT2D eigenvalue weighted by molar-refractivity contribution is -0.148. The van der Waals surface area contributed by atoms with Gasteiger partial charge in [0.25, 0.3) is 0 Å². The Kier molecular flexibility index (Phi) is 18.7. The summed E-state index contributed by atoms with van der Waals surface area (Å²) in [7, 11) is 0. The van der Waals surface area contributed by atoms with Gasteiger partial charge in [0.1, 0.15) is 0 Å². The van der Waals surface area contributed by atoms with Crippen LogP contribution >= 0.6 is 12.4 Å². The van der Waals surface area contributed by atoms with Gasteiger partial charge in [-0.3, -0.25) is 9.59 Å². The fraction of sp³-hybridized carbons (Fsp3) is 0.311. The average molecular weight is 797 g/mol. The van der Waals surface area contributed by atoms with Crippen molar-refractivity contribution in [1.82, 2.24) is 15.1 Å². The highest BCUT2D eigenvalue weighted by atomic mass is 35.5. The van der Waals surface area contributed by atoms with E-state index in [-0.39, 0.29) is 48.6 Å². The van der Waals surface area contributed by atoms with Crippen molar-refractivity contribution < 1.29 is 33.8 Å². The summed E-state index contributed by atoms with van der Waals surface area (Å²) in [5.74, 6) is -2.29. The highest BCUT2D eigenvalue weighted by Crippen LogP contribution is 2.22. The van der Waals surface area contributed by atoms with Crippen LogP contribution in [0.3, 0.4) is 0 Å². The number of aromatic carboxylic acids is 1. The van der Waals surface area contributed by atoms with Gasteiger partial charge in [0.15, 0.2) is 5.69 Å². The van der Waals surface area contributed by atoms with E-state index in [2.05, 4.69) is 46.8 Å². The molecule has 0 fully saturated rings. The standard InChI is InChI=1S/C25H27N3O5.C20H25NO2.ClH/c1-3-33-24(31)17(2)15-21(26-25(32)28-14-13-22(27-28)23(29)30)16-18-9-11-20(12-10-18)19-7-5-4-6-8-19;1-3-23-20(22)15(2)13-19(21)14-16-9-11-18(12-10-16)17-7-5-4-6-8-17;/h4-14,17,21H,3,15-16H2,1-2H3,(H,26,32)(H,29,30);4-12,15,19H,3,13-14,21H2,1-2H3;1H/t17-,21+;15-,19+;/m11./s1. The molecule has 4 N–H and O–H groups in total. The summed E-state index contributed by atoms with van der Waals surface area (Å²) in [4.78, 5) is 47.5. The second-order valence-corrected chi connectivity index (χ2v) is 13.7. The smallest absolute Gasteiger partial charge is 0.356 e. The third kappa shape index (κ3) is 14.7. The lowest BCUT2D eigenvalue weighted by Crippen LogP contribution is -2.41. The van der Waals surface area contributed by atoms with Gasteiger partial charge < -0.3 is 25.6 Å². The molecule has 0 spiro atoms. The van der Waals surface area contributed by atoms with E-state index in [0.717, 1.165) is 27.8 Å². The number of amides is 1. The van der Waals surface area contributed by atoms with Gasteiger partial charge in [0, 0.05) is 18.3 Å². The summed E-state index contributed by atoms with van der Waals surface area (Å²) in [5, 5.41) is 15.7. The molecular formula is C45H53ClN4O7. The molecule has 4 atom stereocenters. The van der Waals surface area contributed by atoms with Crippen molar-refractivity contribution in [3.05, 3.63) is 138 Å². The molecule has 0 aliphatic heterocycles. The number of benzene rings is 4. The van der Waals surface area contributed by atoms with E-state index in [1.165, 1.54) is 29.0 Å². The minimum absolute atomic E-state index is 0. The molecule has 1 amide bonds. The van der Waals surface area contributed by atoms with Crippen LogP contribution in [0.1, 0.15) is 62.2 Å². The number of ether oxygens (including phenoxy) is 2. The van der Waals surface area contributed by atoms with Crippen molar-refractivity contribution in [1.29, 1.82) is 0 Å². The lowest BCUT2D eigenvalue weighted by Gasteiger charge is -2.22. The van der Waals surface area contributed by atoms with Crippen LogP contribution in [0.2, 0.25) is 0 Å². The Morgan fingerprint density at radius 3 is 1.54 bits per heavy atom. The van der Waals surface area contributed by atoms with Gasteiger partial charge in [0.05, 0.1) is 25.0 Å². The van der Waals surface area contributed by atoms with E-state index in [4.69, 9.17) is 20.3 Å². The molecule has 0 unspecified atom stereocenters. The van der Waals surface area contributed by atoms with E-state index < -0.39 is 24.0 Å². The maximum absolute atomic E-state index is 12.7. The molecule has 1 heterocycles. The first-order valence-corrected chi connectivity index (χ1v) is 18.9. The third-order valence-corrected chi connectivity index (χ3v) is 9.12. The number of carboxylic acids is 1. The monoisotopic (exact) mass is 796 g/mol. The molecule has 0 aliphatic carbocycles. The first-order valence-electron chi connectivity index (χ1n) is 18.9. The second kappa shape index (κ2) is 23.3. The number of nitrogens with two attached hydrogens (primary N) is 1. The van der Waals surface area contributed by atoms with Gasteiger partial charge in [-0.15, -0.1) is 12.4 Å². The third-order valence-electron chi connectivity index (χ3n) is 9.12. The molecule has 0 aliphatic rings. The number of rotatable bonds is 16. The zero-order valence-electron chi connectivity index (χ0n) is 32.9. The summed E-state index contributed by atoms with van der Waals surface area (Å²) in [6.07, 6.45) is 3.53. The summed E-state index contributed by atoms with van der Waals surface area (Å²) in [5.41, 5.74) is 12.7. The van der Waals surface area contributed by atoms with Gasteiger partial charge in [0.2, 0.25) is 0 Å². The number of hydrogen-bond acceptors (Lipinski definition) is 8. The molecule has 302 valence electrons. The Labute approximate surface area is 341 Å². The van der Waals surface area contributed by atoms with Crippen LogP contribution in [0.5, 0.6) is 0 Å². The van der Waals surface area contributed by atoms with Crippen LogP contribution in [0.4, 0.5) is 4.79 Å². The Hall–Kier alpha value is -5.78. The summed E-state index contributed by atoms with van der Waals surface area (Å²) in [6.45, 7) is 7.89. The fourth-order valence-corrected chi connectivity index (χ4v) is 6.23. The normalized spacial score (nSPS) is 12.6. The van der Waals surface area contributed by atoms with Crippen LogP contribution in [0.25, 0.3) is 22.3 Å². The van der Waals surface area contributed by atoms with Crippen molar-refractivity contribution in [3.63, 3.8) is 0 Å². The number of hydrogen-bond donors (Lipinski definition) is 3. The molecule has 0 bridgehead atoms. The largest absolute Gasteiger partial charge is 0.476 e. The average Bonchev–Trinajstić information content (AvgIpc) is 3.71. The predicted octanol–water partition coefficient (Wildman–Crippen LogP) is 8.24. The molecular weight excluding hydrogens is 744 g/mol. The van der Waals surface area contributed by atoms with Crippen molar-refractivity contribution in [3.8, 4) is 22.3 Å². The zero-order valence-corrected chi connectivity index (χ0v) is 33.7. The maximum atomic E-state index is 12.7. The van der Waals surface area contributed by atoms with Crippen molar-refractivity contribution in [2.45, 2.75) is 65.5 Å². The van der Waals surface area contributed by atoms with Gasteiger partial charge in [-0.1, -0.05) is 123 Å². The molecule has 4 aromatic carbocycles. The second-order valence-electron chi connectivity index (χ2n) is 13.7. The highest BCUT2D eigenvalue weighted by Gasteiger charge is 2.23. The summed E-state index contributed by atoms with van der Waals surface area (Å²) in [6, 6.07) is 37.0. The molecule has 0 saturated carbocycles. The maximum Gasteiger partial charge on any atom is 0.356 e. The molecule has 5 aromatic rings.